The molecule has 0 aromatic carbocycles. The highest BCUT2D eigenvalue weighted by Crippen LogP contribution is 2.16. The third kappa shape index (κ3) is 39.5. The second kappa shape index (κ2) is 39.6. The topological polar surface area (TPSA) is 78.9 Å². The van der Waals surface area contributed by atoms with Gasteiger partial charge in [-0.1, -0.05) is 207 Å². The quantitative estimate of drug-likeness (QED) is 0.0356. The molecule has 0 saturated carbocycles. The predicted molar refractivity (Wildman–Crippen MR) is 215 cm³/mol. The predicted octanol–water partition coefficient (Wildman–Crippen LogP) is 13.9. The van der Waals surface area contributed by atoms with Crippen LogP contribution in [-0.4, -0.2) is 37.2 Å². The van der Waals surface area contributed by atoms with E-state index >= 15 is 0 Å². The van der Waals surface area contributed by atoms with E-state index in [1.165, 1.54) is 141 Å². The van der Waals surface area contributed by atoms with Crippen LogP contribution in [0, 0.1) is 5.92 Å². The van der Waals surface area contributed by atoms with Gasteiger partial charge in [0.25, 0.3) is 0 Å². The normalized spacial score (nSPS) is 11.9. The molecular formula is C45H86O6. The Morgan fingerprint density at radius 1 is 0.373 bits per heavy atom. The van der Waals surface area contributed by atoms with Crippen LogP contribution in [0.2, 0.25) is 0 Å². The molecule has 0 aliphatic carbocycles. The number of rotatable bonds is 40. The molecule has 0 amide bonds. The Hall–Kier alpha value is -1.59. The van der Waals surface area contributed by atoms with Crippen molar-refractivity contribution in [1.82, 2.24) is 0 Å². The molecule has 302 valence electrons. The highest BCUT2D eigenvalue weighted by Gasteiger charge is 2.19. The number of ether oxygens (including phenoxy) is 3. The van der Waals surface area contributed by atoms with Gasteiger partial charge in [0.2, 0.25) is 0 Å². The van der Waals surface area contributed by atoms with Crippen molar-refractivity contribution in [2.75, 3.05) is 13.2 Å². The van der Waals surface area contributed by atoms with Crippen molar-refractivity contribution in [3.63, 3.8) is 0 Å². The first-order valence-corrected chi connectivity index (χ1v) is 22.4. The first-order chi connectivity index (χ1) is 24.9. The molecule has 0 radical (unpaired) electrons. The first-order valence-electron chi connectivity index (χ1n) is 22.4. The molecule has 1 atom stereocenters. The fourth-order valence-electron chi connectivity index (χ4n) is 6.63. The number of hydrogen-bond acceptors (Lipinski definition) is 6. The Labute approximate surface area is 317 Å². The second-order valence-electron chi connectivity index (χ2n) is 15.8. The van der Waals surface area contributed by atoms with Crippen molar-refractivity contribution in [3.8, 4) is 0 Å². The van der Waals surface area contributed by atoms with Gasteiger partial charge < -0.3 is 14.2 Å². The minimum Gasteiger partial charge on any atom is -0.462 e. The number of esters is 3. The van der Waals surface area contributed by atoms with Gasteiger partial charge in [-0.05, 0) is 25.2 Å². The summed E-state index contributed by atoms with van der Waals surface area (Å²) < 4.78 is 16.7. The Kier molecular flexibility index (Phi) is 38.4. The zero-order valence-corrected chi connectivity index (χ0v) is 34.6. The van der Waals surface area contributed by atoms with Crippen LogP contribution in [-0.2, 0) is 28.6 Å². The molecule has 0 aliphatic heterocycles. The highest BCUT2D eigenvalue weighted by molar-refractivity contribution is 5.71. The molecule has 0 unspecified atom stereocenters. The molecule has 0 bridgehead atoms. The lowest BCUT2D eigenvalue weighted by molar-refractivity contribution is -0.167. The van der Waals surface area contributed by atoms with Crippen molar-refractivity contribution >= 4 is 17.9 Å². The zero-order chi connectivity index (χ0) is 37.5. The molecular weight excluding hydrogens is 636 g/mol. The zero-order valence-electron chi connectivity index (χ0n) is 34.6. The van der Waals surface area contributed by atoms with Crippen LogP contribution >= 0.6 is 0 Å². The molecule has 0 heterocycles. The molecule has 6 nitrogen and oxygen atoms in total. The molecule has 51 heavy (non-hydrogen) atoms. The summed E-state index contributed by atoms with van der Waals surface area (Å²) in [4.78, 5) is 37.6. The van der Waals surface area contributed by atoms with Crippen molar-refractivity contribution in [1.29, 1.82) is 0 Å². The maximum Gasteiger partial charge on any atom is 0.306 e. The maximum absolute atomic E-state index is 12.7. The third-order valence-electron chi connectivity index (χ3n) is 10.0. The standard InChI is InChI=1S/C45H86O6/c1-5-7-9-11-13-15-17-18-20-22-24-30-34-38-45(48)51-42(40-50-44(47)37-33-29-26-25-27-31-35-41(3)4)39-49-43(46)36-32-28-23-21-19-16-14-12-10-8-6-2/h41-42H,5-40H2,1-4H3/t42-/m1/s1. The van der Waals surface area contributed by atoms with E-state index in [4.69, 9.17) is 14.2 Å². The molecule has 0 spiro atoms. The van der Waals surface area contributed by atoms with Gasteiger partial charge in [0.15, 0.2) is 6.10 Å². The molecule has 0 fully saturated rings. The van der Waals surface area contributed by atoms with Crippen molar-refractivity contribution < 1.29 is 28.6 Å². The van der Waals surface area contributed by atoms with Gasteiger partial charge in [0.1, 0.15) is 13.2 Å². The van der Waals surface area contributed by atoms with Crippen LogP contribution in [0.1, 0.15) is 246 Å². The number of carbonyl (C=O) groups is 3. The van der Waals surface area contributed by atoms with E-state index in [0.717, 1.165) is 63.7 Å². The average Bonchev–Trinajstić information content (AvgIpc) is 3.11. The summed E-state index contributed by atoms with van der Waals surface area (Å²) in [7, 11) is 0. The third-order valence-corrected chi connectivity index (χ3v) is 10.0. The van der Waals surface area contributed by atoms with E-state index in [9.17, 15) is 14.4 Å². The van der Waals surface area contributed by atoms with Crippen molar-refractivity contribution in [2.24, 2.45) is 5.92 Å². The van der Waals surface area contributed by atoms with E-state index < -0.39 is 6.10 Å². The van der Waals surface area contributed by atoms with Crippen LogP contribution in [0.4, 0.5) is 0 Å². The van der Waals surface area contributed by atoms with Crippen LogP contribution < -0.4 is 0 Å². The van der Waals surface area contributed by atoms with Gasteiger partial charge in [-0.25, -0.2) is 0 Å². The first kappa shape index (κ1) is 49.4. The number of hydrogen-bond donors (Lipinski definition) is 0. The summed E-state index contributed by atoms with van der Waals surface area (Å²) >= 11 is 0. The minimum absolute atomic E-state index is 0.0646. The average molecular weight is 723 g/mol. The van der Waals surface area contributed by atoms with Gasteiger partial charge >= 0.3 is 17.9 Å². The molecule has 0 rings (SSSR count). The van der Waals surface area contributed by atoms with E-state index in [1.807, 2.05) is 0 Å². The summed E-state index contributed by atoms with van der Waals surface area (Å²) in [5.41, 5.74) is 0. The van der Waals surface area contributed by atoms with Crippen LogP contribution in [0.5, 0.6) is 0 Å². The van der Waals surface area contributed by atoms with Crippen LogP contribution in [0.25, 0.3) is 0 Å². The molecule has 0 aromatic heterocycles. The summed E-state index contributed by atoms with van der Waals surface area (Å²) in [6.45, 7) is 8.92. The van der Waals surface area contributed by atoms with Crippen LogP contribution in [0.3, 0.4) is 0 Å². The number of carbonyl (C=O) groups excluding carboxylic acids is 3. The van der Waals surface area contributed by atoms with Gasteiger partial charge in [-0.15, -0.1) is 0 Å². The highest BCUT2D eigenvalue weighted by atomic mass is 16.6. The Bertz CT molecular complexity index is 766. The van der Waals surface area contributed by atoms with Crippen molar-refractivity contribution in [2.45, 2.75) is 252 Å². The van der Waals surface area contributed by atoms with Crippen molar-refractivity contribution in [3.05, 3.63) is 0 Å². The fraction of sp³-hybridized carbons (Fsp3) is 0.933. The summed E-state index contributed by atoms with van der Waals surface area (Å²) in [5.74, 6) is -0.0965. The Morgan fingerprint density at radius 2 is 0.647 bits per heavy atom. The monoisotopic (exact) mass is 723 g/mol. The molecule has 0 aliphatic rings. The Balaban J connectivity index is 4.32. The maximum atomic E-state index is 12.7. The smallest absolute Gasteiger partial charge is 0.306 e. The lowest BCUT2D eigenvalue weighted by Gasteiger charge is -2.18. The number of unbranched alkanes of at least 4 members (excludes halogenated alkanes) is 27. The fourth-order valence-corrected chi connectivity index (χ4v) is 6.63. The summed E-state index contributed by atoms with van der Waals surface area (Å²) in [6.07, 6.45) is 38.1. The lowest BCUT2D eigenvalue weighted by atomic mass is 10.0. The largest absolute Gasteiger partial charge is 0.462 e. The second-order valence-corrected chi connectivity index (χ2v) is 15.8. The van der Waals surface area contributed by atoms with E-state index in [2.05, 4.69) is 27.7 Å². The van der Waals surface area contributed by atoms with Gasteiger partial charge in [0.05, 0.1) is 0 Å². The van der Waals surface area contributed by atoms with Gasteiger partial charge in [-0.3, -0.25) is 14.4 Å². The molecule has 0 saturated heterocycles. The Morgan fingerprint density at radius 3 is 0.961 bits per heavy atom. The van der Waals surface area contributed by atoms with E-state index in [-0.39, 0.29) is 31.1 Å². The molecule has 0 N–H and O–H groups in total. The summed E-state index contributed by atoms with van der Waals surface area (Å²) in [5, 5.41) is 0. The van der Waals surface area contributed by atoms with E-state index in [1.54, 1.807) is 0 Å². The summed E-state index contributed by atoms with van der Waals surface area (Å²) in [6, 6.07) is 0. The molecule has 6 heteroatoms. The minimum atomic E-state index is -0.759. The lowest BCUT2D eigenvalue weighted by Crippen LogP contribution is -2.30. The van der Waals surface area contributed by atoms with Gasteiger partial charge in [0, 0.05) is 19.3 Å². The SMILES string of the molecule is CCCCCCCCCCCCCCCC(=O)O[C@H](COC(=O)CCCCCCCCCCCCC)COC(=O)CCCCCCCCC(C)C. The van der Waals surface area contributed by atoms with Crippen LogP contribution in [0.15, 0.2) is 0 Å². The molecule has 0 aromatic rings. The van der Waals surface area contributed by atoms with Gasteiger partial charge in [-0.2, -0.15) is 0 Å². The van der Waals surface area contributed by atoms with E-state index in [0.29, 0.717) is 19.3 Å².